The minimum absolute atomic E-state index is 0.128. The molecule has 2 N–H and O–H groups in total. The van der Waals surface area contributed by atoms with Gasteiger partial charge in [0.15, 0.2) is 6.10 Å². The summed E-state index contributed by atoms with van der Waals surface area (Å²) >= 11 is 0. The van der Waals surface area contributed by atoms with Crippen LogP contribution in [0.5, 0.6) is 0 Å². The molecule has 1 aliphatic heterocycles. The molecule has 6 nitrogen and oxygen atoms in total. The molecule has 0 amide bonds. The van der Waals surface area contributed by atoms with Gasteiger partial charge in [-0.2, -0.15) is 0 Å². The van der Waals surface area contributed by atoms with Gasteiger partial charge in [0.25, 0.3) is 0 Å². The maximum atomic E-state index is 12.9. The quantitative estimate of drug-likeness (QED) is 0.586. The van der Waals surface area contributed by atoms with E-state index < -0.39 is 17.5 Å². The summed E-state index contributed by atoms with van der Waals surface area (Å²) in [6.45, 7) is 8.33. The van der Waals surface area contributed by atoms with Crippen LogP contribution in [-0.2, 0) is 19.1 Å². The standard InChI is InChI=1S/C25H42O6/c1-5-25(3,4)24(29)31-21-13-16(14-26)12-17-7-6-15(2)19(22(17)21)10-8-18-9-11-20(27)23(28)30-18/h15-22,26-27H,5-14H2,1-4H3/t15-,16-,17-,18+,19-,20+,21-,22-/m0/s1. The number of cyclic esters (lactones) is 1. The maximum absolute atomic E-state index is 12.9. The highest BCUT2D eigenvalue weighted by Gasteiger charge is 2.48. The van der Waals surface area contributed by atoms with Crippen molar-refractivity contribution < 1.29 is 29.3 Å². The molecule has 3 fully saturated rings. The van der Waals surface area contributed by atoms with E-state index in [1.165, 1.54) is 0 Å². The monoisotopic (exact) mass is 438 g/mol. The molecule has 0 aromatic rings. The Bertz CT molecular complexity index is 632. The summed E-state index contributed by atoms with van der Waals surface area (Å²) in [4.78, 5) is 24.7. The van der Waals surface area contributed by atoms with Gasteiger partial charge in [0.05, 0.1) is 5.41 Å². The van der Waals surface area contributed by atoms with Crippen molar-refractivity contribution in [3.05, 3.63) is 0 Å². The molecule has 2 aliphatic carbocycles. The average molecular weight is 439 g/mol. The summed E-state index contributed by atoms with van der Waals surface area (Å²) in [6, 6.07) is 0. The molecule has 1 heterocycles. The zero-order valence-corrected chi connectivity index (χ0v) is 19.7. The van der Waals surface area contributed by atoms with Crippen LogP contribution in [0, 0.1) is 35.0 Å². The smallest absolute Gasteiger partial charge is 0.335 e. The third-order valence-electron chi connectivity index (χ3n) is 8.49. The molecule has 178 valence electrons. The van der Waals surface area contributed by atoms with Crippen LogP contribution in [0.4, 0.5) is 0 Å². The van der Waals surface area contributed by atoms with Crippen LogP contribution in [0.3, 0.4) is 0 Å². The number of carbonyl (C=O) groups excluding carboxylic acids is 2. The molecule has 0 unspecified atom stereocenters. The molecule has 6 heteroatoms. The van der Waals surface area contributed by atoms with E-state index in [2.05, 4.69) is 6.92 Å². The molecular weight excluding hydrogens is 396 g/mol. The fourth-order valence-electron chi connectivity index (χ4n) is 6.02. The fourth-order valence-corrected chi connectivity index (χ4v) is 6.02. The molecule has 0 aromatic heterocycles. The van der Waals surface area contributed by atoms with Crippen molar-refractivity contribution in [2.24, 2.45) is 35.0 Å². The predicted molar refractivity (Wildman–Crippen MR) is 117 cm³/mol. The van der Waals surface area contributed by atoms with Crippen LogP contribution in [0.15, 0.2) is 0 Å². The summed E-state index contributed by atoms with van der Waals surface area (Å²) in [7, 11) is 0. The first-order valence-electron chi connectivity index (χ1n) is 12.4. The van der Waals surface area contributed by atoms with E-state index in [-0.39, 0.29) is 30.7 Å². The van der Waals surface area contributed by atoms with E-state index in [1.54, 1.807) is 0 Å². The molecule has 1 saturated heterocycles. The minimum Gasteiger partial charge on any atom is -0.462 e. The van der Waals surface area contributed by atoms with Gasteiger partial charge in [0.1, 0.15) is 12.2 Å². The van der Waals surface area contributed by atoms with E-state index in [9.17, 15) is 19.8 Å². The summed E-state index contributed by atoms with van der Waals surface area (Å²) < 4.78 is 11.6. The lowest BCUT2D eigenvalue weighted by Crippen LogP contribution is -2.49. The number of rotatable bonds is 7. The Morgan fingerprint density at radius 2 is 1.90 bits per heavy atom. The van der Waals surface area contributed by atoms with Gasteiger partial charge in [-0.15, -0.1) is 0 Å². The van der Waals surface area contributed by atoms with Crippen molar-refractivity contribution in [1.29, 1.82) is 0 Å². The summed E-state index contributed by atoms with van der Waals surface area (Å²) in [6.07, 6.45) is 6.38. The minimum atomic E-state index is -0.978. The first kappa shape index (κ1) is 24.5. The maximum Gasteiger partial charge on any atom is 0.335 e. The molecule has 0 aromatic carbocycles. The number of carbonyl (C=O) groups is 2. The number of aliphatic hydroxyl groups is 2. The third kappa shape index (κ3) is 5.62. The molecule has 0 radical (unpaired) electrons. The number of hydrogen-bond acceptors (Lipinski definition) is 6. The van der Waals surface area contributed by atoms with Gasteiger partial charge in [0.2, 0.25) is 0 Å². The first-order chi connectivity index (χ1) is 14.7. The molecular formula is C25H42O6. The highest BCUT2D eigenvalue weighted by molar-refractivity contribution is 5.76. The number of fused-ring (bicyclic) bond motifs is 1. The number of esters is 2. The Hall–Kier alpha value is -1.14. The molecule has 2 saturated carbocycles. The van der Waals surface area contributed by atoms with Crippen molar-refractivity contribution in [1.82, 2.24) is 0 Å². The van der Waals surface area contributed by atoms with E-state index in [1.807, 2.05) is 20.8 Å². The van der Waals surface area contributed by atoms with Crippen molar-refractivity contribution in [2.75, 3.05) is 6.61 Å². The topological polar surface area (TPSA) is 93.1 Å². The Balaban J connectivity index is 1.73. The van der Waals surface area contributed by atoms with Crippen LogP contribution >= 0.6 is 0 Å². The normalized spacial score (nSPS) is 38.8. The van der Waals surface area contributed by atoms with E-state index in [0.717, 1.165) is 44.9 Å². The lowest BCUT2D eigenvalue weighted by atomic mass is 9.58. The van der Waals surface area contributed by atoms with Crippen molar-refractivity contribution in [2.45, 2.75) is 104 Å². The second-order valence-corrected chi connectivity index (χ2v) is 11.0. The second kappa shape index (κ2) is 10.2. The van der Waals surface area contributed by atoms with Gasteiger partial charge >= 0.3 is 11.9 Å². The van der Waals surface area contributed by atoms with E-state index in [0.29, 0.717) is 36.5 Å². The lowest BCUT2D eigenvalue weighted by Gasteiger charge is -2.50. The van der Waals surface area contributed by atoms with Gasteiger partial charge in [-0.25, -0.2) is 4.79 Å². The van der Waals surface area contributed by atoms with E-state index in [4.69, 9.17) is 9.47 Å². The predicted octanol–water partition coefficient (Wildman–Crippen LogP) is 3.86. The van der Waals surface area contributed by atoms with Crippen LogP contribution in [0.25, 0.3) is 0 Å². The Morgan fingerprint density at radius 1 is 1.16 bits per heavy atom. The second-order valence-electron chi connectivity index (χ2n) is 11.0. The average Bonchev–Trinajstić information content (AvgIpc) is 2.75. The highest BCUT2D eigenvalue weighted by atomic mass is 16.6. The first-order valence-corrected chi connectivity index (χ1v) is 12.4. The Labute approximate surface area is 187 Å². The van der Waals surface area contributed by atoms with Crippen LogP contribution in [-0.4, -0.2) is 47.1 Å². The summed E-state index contributed by atoms with van der Waals surface area (Å²) in [5.41, 5.74) is -0.505. The van der Waals surface area contributed by atoms with Crippen LogP contribution in [0.1, 0.15) is 85.5 Å². The van der Waals surface area contributed by atoms with Crippen LogP contribution in [0.2, 0.25) is 0 Å². The highest BCUT2D eigenvalue weighted by Crippen LogP contribution is 2.51. The number of hydrogen-bond donors (Lipinski definition) is 2. The zero-order chi connectivity index (χ0) is 22.8. The van der Waals surface area contributed by atoms with E-state index >= 15 is 0 Å². The third-order valence-corrected chi connectivity index (χ3v) is 8.49. The van der Waals surface area contributed by atoms with Gasteiger partial charge in [-0.1, -0.05) is 20.3 Å². The van der Waals surface area contributed by atoms with Crippen LogP contribution < -0.4 is 0 Å². The Morgan fingerprint density at radius 3 is 2.55 bits per heavy atom. The number of ether oxygens (including phenoxy) is 2. The van der Waals surface area contributed by atoms with Gasteiger partial charge in [0, 0.05) is 12.5 Å². The summed E-state index contributed by atoms with van der Waals surface area (Å²) in [5, 5.41) is 19.5. The lowest BCUT2D eigenvalue weighted by molar-refractivity contribution is -0.175. The molecule has 31 heavy (non-hydrogen) atoms. The molecule has 3 aliphatic rings. The summed E-state index contributed by atoms with van der Waals surface area (Å²) in [5.74, 6) is 1.26. The fraction of sp³-hybridized carbons (Fsp3) is 0.920. The Kier molecular flexibility index (Phi) is 8.06. The molecule has 0 spiro atoms. The number of aliphatic hydroxyl groups excluding tert-OH is 2. The van der Waals surface area contributed by atoms with Gasteiger partial charge < -0.3 is 19.7 Å². The molecule has 3 rings (SSSR count). The largest absolute Gasteiger partial charge is 0.462 e. The van der Waals surface area contributed by atoms with Crippen molar-refractivity contribution in [3.8, 4) is 0 Å². The zero-order valence-electron chi connectivity index (χ0n) is 19.7. The van der Waals surface area contributed by atoms with Gasteiger partial charge in [-0.05, 0) is 88.9 Å². The van der Waals surface area contributed by atoms with Crippen molar-refractivity contribution in [3.63, 3.8) is 0 Å². The SMILES string of the molecule is CCC(C)(C)C(=O)O[C@H]1C[C@@H](CO)C[C@@H]2CC[C@H](C)[C@H](CC[C@@H]3CC[C@@H](O)C(=O)O3)[C@H]21. The molecule has 8 atom stereocenters. The van der Waals surface area contributed by atoms with Gasteiger partial charge in [-0.3, -0.25) is 4.79 Å². The van der Waals surface area contributed by atoms with Crippen molar-refractivity contribution >= 4 is 11.9 Å². The molecule has 0 bridgehead atoms.